The topological polar surface area (TPSA) is 90.3 Å². The molecule has 37 heavy (non-hydrogen) atoms. The normalized spacial score (nSPS) is 14.5. The molecule has 0 spiro atoms. The molecule has 188 valence electrons. The fourth-order valence-corrected chi connectivity index (χ4v) is 4.43. The van der Waals surface area contributed by atoms with Crippen molar-refractivity contribution < 1.29 is 14.3 Å². The highest BCUT2D eigenvalue weighted by molar-refractivity contribution is 6.06. The van der Waals surface area contributed by atoms with Crippen molar-refractivity contribution in [3.63, 3.8) is 0 Å². The maximum atomic E-state index is 13.5. The van der Waals surface area contributed by atoms with Gasteiger partial charge >= 0.3 is 0 Å². The molecule has 4 aromatic rings. The maximum Gasteiger partial charge on any atom is 0.255 e. The van der Waals surface area contributed by atoms with Crippen molar-refractivity contribution in [3.8, 4) is 11.5 Å². The summed E-state index contributed by atoms with van der Waals surface area (Å²) in [6, 6.07) is 23.1. The van der Waals surface area contributed by atoms with Crippen LogP contribution in [0.25, 0.3) is 0 Å². The van der Waals surface area contributed by atoms with E-state index in [2.05, 4.69) is 32.8 Å². The third-order valence-corrected chi connectivity index (χ3v) is 6.34. The van der Waals surface area contributed by atoms with Crippen LogP contribution in [0.2, 0.25) is 0 Å². The molecule has 1 amide bonds. The summed E-state index contributed by atoms with van der Waals surface area (Å²) in [5.74, 6) is 1.57. The van der Waals surface area contributed by atoms with Crippen LogP contribution < -0.4 is 20.1 Å². The summed E-state index contributed by atoms with van der Waals surface area (Å²) in [5, 5.41) is 10.6. The van der Waals surface area contributed by atoms with Crippen LogP contribution in [0, 0.1) is 6.92 Å². The number of carbonyl (C=O) groups excluding carboxylic acids is 1. The molecular weight excluding hydrogens is 466 g/mol. The van der Waals surface area contributed by atoms with Crippen molar-refractivity contribution in [2.24, 2.45) is 0 Å². The van der Waals surface area contributed by atoms with Crippen molar-refractivity contribution in [2.75, 3.05) is 24.4 Å². The molecule has 0 fully saturated rings. The molecule has 8 nitrogen and oxygen atoms in total. The number of benzene rings is 3. The number of ether oxygens (including phenoxy) is 2. The number of fused-ring (bicyclic) bond motifs is 1. The average molecular weight is 496 g/mol. The zero-order valence-corrected chi connectivity index (χ0v) is 21.1. The van der Waals surface area contributed by atoms with Gasteiger partial charge in [0, 0.05) is 17.8 Å². The van der Waals surface area contributed by atoms with Gasteiger partial charge in [-0.1, -0.05) is 54.1 Å². The first kappa shape index (κ1) is 24.1. The number of methoxy groups -OCH3 is 1. The van der Waals surface area contributed by atoms with Crippen LogP contribution in [-0.4, -0.2) is 34.4 Å². The zero-order valence-electron chi connectivity index (χ0n) is 21.1. The quantitative estimate of drug-likeness (QED) is 0.352. The van der Waals surface area contributed by atoms with Gasteiger partial charge in [-0.15, -0.1) is 0 Å². The Morgan fingerprint density at radius 2 is 1.81 bits per heavy atom. The Labute approximate surface area is 216 Å². The highest BCUT2D eigenvalue weighted by atomic mass is 16.5. The molecule has 0 saturated heterocycles. The summed E-state index contributed by atoms with van der Waals surface area (Å²) >= 11 is 0. The Kier molecular flexibility index (Phi) is 6.89. The lowest BCUT2D eigenvalue weighted by Crippen LogP contribution is -2.31. The molecule has 0 saturated carbocycles. The van der Waals surface area contributed by atoms with Crippen molar-refractivity contribution in [2.45, 2.75) is 26.3 Å². The standard InChI is InChI=1S/C29H29N5O3/c1-19-9-12-23(13-10-19)33-28(35)26-20(2)32-29-30-18-31-34(29)27(26)22-11-14-24(25(17-22)36-3)37-16-15-21-7-5-4-6-8-21/h4-14,17-18,27H,15-16H2,1-3H3,(H,33,35)(H,30,31,32). The molecule has 0 bridgehead atoms. The van der Waals surface area contributed by atoms with Gasteiger partial charge in [0.15, 0.2) is 11.5 Å². The van der Waals surface area contributed by atoms with Gasteiger partial charge in [0.2, 0.25) is 5.95 Å². The molecule has 1 aliphatic heterocycles. The molecular formula is C29H29N5O3. The van der Waals surface area contributed by atoms with E-state index >= 15 is 0 Å². The number of nitrogens with one attached hydrogen (secondary N) is 2. The Morgan fingerprint density at radius 1 is 1.03 bits per heavy atom. The number of hydrogen-bond donors (Lipinski definition) is 2. The minimum atomic E-state index is -0.503. The van der Waals surface area contributed by atoms with E-state index in [9.17, 15) is 4.79 Å². The number of carbonyl (C=O) groups is 1. The fourth-order valence-electron chi connectivity index (χ4n) is 4.43. The van der Waals surface area contributed by atoms with E-state index in [0.29, 0.717) is 35.3 Å². The molecule has 0 radical (unpaired) electrons. The van der Waals surface area contributed by atoms with Crippen LogP contribution in [-0.2, 0) is 11.2 Å². The van der Waals surface area contributed by atoms with Crippen LogP contribution in [0.1, 0.15) is 29.7 Å². The lowest BCUT2D eigenvalue weighted by molar-refractivity contribution is -0.113. The van der Waals surface area contributed by atoms with Gasteiger partial charge < -0.3 is 20.1 Å². The summed E-state index contributed by atoms with van der Waals surface area (Å²) in [6.07, 6.45) is 2.26. The molecule has 3 aromatic carbocycles. The van der Waals surface area contributed by atoms with Crippen LogP contribution in [0.4, 0.5) is 11.6 Å². The van der Waals surface area contributed by atoms with Crippen molar-refractivity contribution in [3.05, 3.63) is 107 Å². The second-order valence-electron chi connectivity index (χ2n) is 8.91. The molecule has 1 unspecified atom stereocenters. The summed E-state index contributed by atoms with van der Waals surface area (Å²) in [7, 11) is 1.61. The number of rotatable bonds is 8. The number of hydrogen-bond acceptors (Lipinski definition) is 6. The number of allylic oxidation sites excluding steroid dienone is 1. The monoisotopic (exact) mass is 495 g/mol. The van der Waals surface area contributed by atoms with Crippen LogP contribution >= 0.6 is 0 Å². The molecule has 8 heteroatoms. The molecule has 1 aliphatic rings. The first-order chi connectivity index (χ1) is 18.0. The van der Waals surface area contributed by atoms with Gasteiger partial charge in [-0.2, -0.15) is 10.1 Å². The van der Waals surface area contributed by atoms with Crippen molar-refractivity contribution >= 4 is 17.5 Å². The minimum Gasteiger partial charge on any atom is -0.493 e. The van der Waals surface area contributed by atoms with Crippen LogP contribution in [0.5, 0.6) is 11.5 Å². The van der Waals surface area contributed by atoms with Crippen molar-refractivity contribution in [1.29, 1.82) is 0 Å². The highest BCUT2D eigenvalue weighted by Crippen LogP contribution is 2.39. The van der Waals surface area contributed by atoms with E-state index in [0.717, 1.165) is 23.2 Å². The van der Waals surface area contributed by atoms with Gasteiger partial charge in [0.25, 0.3) is 5.91 Å². The van der Waals surface area contributed by atoms with E-state index in [1.54, 1.807) is 11.8 Å². The highest BCUT2D eigenvalue weighted by Gasteiger charge is 2.34. The second-order valence-corrected chi connectivity index (χ2v) is 8.91. The Hall–Kier alpha value is -4.59. The number of nitrogens with zero attached hydrogens (tertiary/aromatic N) is 3. The maximum absolute atomic E-state index is 13.5. The van der Waals surface area contributed by atoms with E-state index in [-0.39, 0.29) is 5.91 Å². The molecule has 2 heterocycles. The predicted molar refractivity (Wildman–Crippen MR) is 143 cm³/mol. The van der Waals surface area contributed by atoms with Gasteiger partial charge in [-0.25, -0.2) is 4.68 Å². The molecule has 1 atom stereocenters. The van der Waals surface area contributed by atoms with Crippen LogP contribution in [0.15, 0.2) is 90.4 Å². The number of amides is 1. The Balaban J connectivity index is 1.43. The van der Waals surface area contributed by atoms with Gasteiger partial charge in [0.1, 0.15) is 12.4 Å². The minimum absolute atomic E-state index is 0.220. The zero-order chi connectivity index (χ0) is 25.8. The Morgan fingerprint density at radius 3 is 2.57 bits per heavy atom. The smallest absolute Gasteiger partial charge is 0.255 e. The third-order valence-electron chi connectivity index (χ3n) is 6.34. The summed E-state index contributed by atoms with van der Waals surface area (Å²) < 4.78 is 13.4. The van der Waals surface area contributed by atoms with E-state index in [4.69, 9.17) is 9.47 Å². The lowest BCUT2D eigenvalue weighted by atomic mass is 9.94. The van der Waals surface area contributed by atoms with Gasteiger partial charge in [-0.3, -0.25) is 4.79 Å². The lowest BCUT2D eigenvalue weighted by Gasteiger charge is -2.29. The average Bonchev–Trinajstić information content (AvgIpc) is 3.38. The van der Waals surface area contributed by atoms with Gasteiger partial charge in [-0.05, 0) is 49.2 Å². The van der Waals surface area contributed by atoms with E-state index in [1.807, 2.05) is 74.5 Å². The Bertz CT molecular complexity index is 1430. The molecule has 5 rings (SSSR count). The first-order valence-electron chi connectivity index (χ1n) is 12.1. The summed E-state index contributed by atoms with van der Waals surface area (Å²) in [4.78, 5) is 17.9. The molecule has 0 aliphatic carbocycles. The summed E-state index contributed by atoms with van der Waals surface area (Å²) in [6.45, 7) is 4.39. The number of anilines is 2. The fraction of sp³-hybridized carbons (Fsp3) is 0.207. The largest absolute Gasteiger partial charge is 0.493 e. The number of aromatic nitrogens is 3. The number of aryl methyl sites for hydroxylation is 1. The van der Waals surface area contributed by atoms with E-state index < -0.39 is 6.04 Å². The second kappa shape index (κ2) is 10.6. The molecule has 1 aromatic heterocycles. The van der Waals surface area contributed by atoms with Crippen molar-refractivity contribution in [1.82, 2.24) is 14.8 Å². The van der Waals surface area contributed by atoms with E-state index in [1.165, 1.54) is 11.9 Å². The summed E-state index contributed by atoms with van der Waals surface area (Å²) in [5.41, 5.74) is 5.12. The van der Waals surface area contributed by atoms with Gasteiger partial charge in [0.05, 0.1) is 19.3 Å². The predicted octanol–water partition coefficient (Wildman–Crippen LogP) is 5.14. The van der Waals surface area contributed by atoms with Crippen LogP contribution in [0.3, 0.4) is 0 Å². The first-order valence-corrected chi connectivity index (χ1v) is 12.1. The SMILES string of the molecule is COc1cc(C2C(C(=O)Nc3ccc(C)cc3)=C(C)Nc3ncnn32)ccc1OCCc1ccccc1. The molecule has 2 N–H and O–H groups in total. The third kappa shape index (κ3) is 5.18.